The topological polar surface area (TPSA) is 119 Å². The molecule has 6 rings (SSSR count). The molecule has 0 bridgehead atoms. The van der Waals surface area contributed by atoms with E-state index >= 15 is 0 Å². The molecule has 39 heavy (non-hydrogen) atoms. The summed E-state index contributed by atoms with van der Waals surface area (Å²) in [5, 5.41) is 2.97. The lowest BCUT2D eigenvalue weighted by Gasteiger charge is -2.26. The second-order valence-corrected chi connectivity index (χ2v) is 11.7. The largest absolute Gasteiger partial charge is 0.454 e. The molecule has 3 heterocycles. The Bertz CT molecular complexity index is 1470. The minimum atomic E-state index is -3.63. The minimum absolute atomic E-state index is 0. The molecule has 0 atom stereocenters. The van der Waals surface area contributed by atoms with Gasteiger partial charge in [0.25, 0.3) is 0 Å². The number of fused-ring (bicyclic) bond motifs is 1. The number of amides is 1. The molecule has 1 saturated heterocycles. The van der Waals surface area contributed by atoms with Crippen molar-refractivity contribution in [3.63, 3.8) is 0 Å². The van der Waals surface area contributed by atoms with E-state index in [0.29, 0.717) is 49.3 Å². The lowest BCUT2D eigenvalue weighted by Crippen LogP contribution is -2.41. The van der Waals surface area contributed by atoms with E-state index in [1.165, 1.54) is 0 Å². The third-order valence-corrected chi connectivity index (χ3v) is 8.86. The van der Waals surface area contributed by atoms with Crippen LogP contribution in [0.25, 0.3) is 11.3 Å². The quantitative estimate of drug-likeness (QED) is 0.416. The molecule has 11 heteroatoms. The van der Waals surface area contributed by atoms with Gasteiger partial charge >= 0.3 is 0 Å². The predicted octanol–water partition coefficient (Wildman–Crippen LogP) is 3.00. The summed E-state index contributed by atoms with van der Waals surface area (Å²) < 4.78 is 44.4. The van der Waals surface area contributed by atoms with Gasteiger partial charge in [0.05, 0.1) is 29.2 Å². The molecule has 10 nitrogen and oxygen atoms in total. The van der Waals surface area contributed by atoms with E-state index in [1.54, 1.807) is 30.3 Å². The molecule has 1 aliphatic carbocycles. The summed E-state index contributed by atoms with van der Waals surface area (Å²) in [7, 11) is -3.63. The van der Waals surface area contributed by atoms with Gasteiger partial charge in [-0.15, -0.1) is 0 Å². The van der Waals surface area contributed by atoms with Crippen LogP contribution in [0, 0.1) is 0 Å². The fourth-order valence-corrected chi connectivity index (χ4v) is 5.94. The fourth-order valence-electron chi connectivity index (χ4n) is 4.92. The number of benzene rings is 2. The molecule has 1 aromatic heterocycles. The molecule has 1 amide bonds. The molecule has 2 aromatic carbocycles. The van der Waals surface area contributed by atoms with Gasteiger partial charge < -0.3 is 19.5 Å². The van der Waals surface area contributed by atoms with Crippen LogP contribution in [0.1, 0.15) is 19.8 Å². The molecule has 2 N–H and O–H groups in total. The van der Waals surface area contributed by atoms with Crippen molar-refractivity contribution in [2.24, 2.45) is 0 Å². The van der Waals surface area contributed by atoms with Crippen molar-refractivity contribution in [3.8, 4) is 22.8 Å². The number of nitrogens with zero attached hydrogens (tertiary/aromatic N) is 2. The highest BCUT2D eigenvalue weighted by atomic mass is 32.2. The predicted molar refractivity (Wildman–Crippen MR) is 146 cm³/mol. The van der Waals surface area contributed by atoms with Crippen LogP contribution in [-0.2, 0) is 25.0 Å². The summed E-state index contributed by atoms with van der Waals surface area (Å²) in [5.41, 5.74) is 1.67. The molecular formula is C28H32N4O6S. The van der Waals surface area contributed by atoms with E-state index in [4.69, 9.17) is 14.2 Å². The average Bonchev–Trinajstić information content (AvgIpc) is 3.64. The molecule has 206 valence electrons. The number of sulfonamides is 1. The van der Waals surface area contributed by atoms with Crippen molar-refractivity contribution >= 4 is 21.7 Å². The Balaban J connectivity index is 0.00000323. The summed E-state index contributed by atoms with van der Waals surface area (Å²) in [6.45, 7) is 4.12. The van der Waals surface area contributed by atoms with E-state index in [2.05, 4.69) is 19.9 Å². The highest BCUT2D eigenvalue weighted by Crippen LogP contribution is 2.51. The number of aromatic nitrogens is 1. The Morgan fingerprint density at radius 1 is 1.00 bits per heavy atom. The van der Waals surface area contributed by atoms with Crippen LogP contribution in [0.3, 0.4) is 0 Å². The first-order chi connectivity index (χ1) is 18.9. The summed E-state index contributed by atoms with van der Waals surface area (Å²) in [5.74, 6) is 1.66. The number of rotatable bonds is 9. The van der Waals surface area contributed by atoms with Crippen LogP contribution < -0.4 is 19.5 Å². The number of anilines is 1. The zero-order valence-corrected chi connectivity index (χ0v) is 22.2. The maximum absolute atomic E-state index is 13.3. The first-order valence-corrected chi connectivity index (χ1v) is 14.5. The summed E-state index contributed by atoms with van der Waals surface area (Å²) in [4.78, 5) is 20.3. The summed E-state index contributed by atoms with van der Waals surface area (Å²) in [6.07, 6.45) is 1.49. The number of ether oxygens (including phenoxy) is 3. The molecule has 1 saturated carbocycles. The van der Waals surface area contributed by atoms with Crippen LogP contribution in [-0.4, -0.2) is 70.4 Å². The van der Waals surface area contributed by atoms with E-state index < -0.39 is 15.4 Å². The van der Waals surface area contributed by atoms with Crippen LogP contribution >= 0.6 is 0 Å². The van der Waals surface area contributed by atoms with Crippen molar-refractivity contribution in [2.45, 2.75) is 23.2 Å². The zero-order valence-electron chi connectivity index (χ0n) is 21.4. The van der Waals surface area contributed by atoms with Crippen molar-refractivity contribution in [1.82, 2.24) is 14.6 Å². The van der Waals surface area contributed by atoms with Gasteiger partial charge in [-0.25, -0.2) is 18.1 Å². The molecule has 0 radical (unpaired) electrons. The summed E-state index contributed by atoms with van der Waals surface area (Å²) >= 11 is 0. The Kier molecular flexibility index (Phi) is 6.98. The Morgan fingerprint density at radius 3 is 2.54 bits per heavy atom. The number of carbonyl (C=O) groups excluding carboxylic acids is 1. The smallest absolute Gasteiger partial charge is 0.240 e. The SMILES string of the molecule is O=C(Nc1cccc(-c2ccc(S(=O)(=O)NCCN3CCOCC3)cc2)n1)C1(c2ccc3c(c2)OCO3)CC1.[HH]. The average molecular weight is 553 g/mol. The van der Waals surface area contributed by atoms with Crippen LogP contribution in [0.15, 0.2) is 65.6 Å². The van der Waals surface area contributed by atoms with Crippen LogP contribution in [0.4, 0.5) is 5.82 Å². The molecule has 2 aliphatic heterocycles. The highest BCUT2D eigenvalue weighted by Gasteiger charge is 2.51. The molecular weight excluding hydrogens is 520 g/mol. The number of morpholine rings is 1. The van der Waals surface area contributed by atoms with Gasteiger partial charge in [0.15, 0.2) is 11.5 Å². The van der Waals surface area contributed by atoms with Gasteiger partial charge in [-0.05, 0) is 54.8 Å². The molecule has 3 aliphatic rings. The first kappa shape index (κ1) is 25.8. The van der Waals surface area contributed by atoms with E-state index in [0.717, 1.165) is 37.1 Å². The Hall–Kier alpha value is -3.51. The van der Waals surface area contributed by atoms with E-state index in [1.807, 2.05) is 30.3 Å². The summed E-state index contributed by atoms with van der Waals surface area (Å²) in [6, 6.07) is 17.6. The van der Waals surface area contributed by atoms with Crippen molar-refractivity contribution < 1.29 is 28.8 Å². The lowest BCUT2D eigenvalue weighted by atomic mass is 9.94. The Labute approximate surface area is 228 Å². The maximum Gasteiger partial charge on any atom is 0.240 e. The Morgan fingerprint density at radius 2 is 1.77 bits per heavy atom. The molecule has 0 spiro atoms. The van der Waals surface area contributed by atoms with Crippen molar-refractivity contribution in [3.05, 3.63) is 66.2 Å². The third kappa shape index (κ3) is 5.48. The molecule has 3 aromatic rings. The highest BCUT2D eigenvalue weighted by molar-refractivity contribution is 7.89. The fraction of sp³-hybridized carbons (Fsp3) is 0.357. The normalized spacial score (nSPS) is 18.1. The van der Waals surface area contributed by atoms with Gasteiger partial charge in [0.2, 0.25) is 22.7 Å². The van der Waals surface area contributed by atoms with E-state index in [-0.39, 0.29) is 19.0 Å². The zero-order chi connectivity index (χ0) is 26.9. The van der Waals surface area contributed by atoms with Crippen LogP contribution in [0.5, 0.6) is 11.5 Å². The molecule has 0 unspecified atom stereocenters. The van der Waals surface area contributed by atoms with Gasteiger partial charge in [-0.2, -0.15) is 0 Å². The monoisotopic (exact) mass is 552 g/mol. The number of hydrogen-bond donors (Lipinski definition) is 2. The lowest BCUT2D eigenvalue weighted by molar-refractivity contribution is -0.118. The van der Waals surface area contributed by atoms with Gasteiger partial charge in [-0.1, -0.05) is 24.3 Å². The minimum Gasteiger partial charge on any atom is -0.454 e. The second kappa shape index (κ2) is 10.6. The van der Waals surface area contributed by atoms with Crippen molar-refractivity contribution in [2.75, 3.05) is 51.5 Å². The number of pyridine rings is 1. The van der Waals surface area contributed by atoms with Gasteiger partial charge in [0, 0.05) is 33.2 Å². The third-order valence-electron chi connectivity index (χ3n) is 7.38. The first-order valence-electron chi connectivity index (χ1n) is 13.0. The number of nitrogens with one attached hydrogen (secondary N) is 2. The molecule has 2 fully saturated rings. The number of carbonyl (C=O) groups is 1. The van der Waals surface area contributed by atoms with Gasteiger partial charge in [-0.3, -0.25) is 9.69 Å². The van der Waals surface area contributed by atoms with Gasteiger partial charge in [0.1, 0.15) is 5.82 Å². The maximum atomic E-state index is 13.3. The van der Waals surface area contributed by atoms with Crippen molar-refractivity contribution in [1.29, 1.82) is 0 Å². The second-order valence-electron chi connectivity index (χ2n) is 9.89. The standard InChI is InChI=1S/C28H30N4O6S.H2/c33-27(28(10-11-28)21-6-9-24-25(18-21)38-19-37-24)31-26-3-1-2-23(30-26)20-4-7-22(8-5-20)39(34,35)29-12-13-32-14-16-36-17-15-32;/h1-9,18,29H,10-17,19H2,(H,30,31,33);1H. The van der Waals surface area contributed by atoms with E-state index in [9.17, 15) is 13.2 Å². The van der Waals surface area contributed by atoms with Crippen LogP contribution in [0.2, 0.25) is 0 Å². The number of hydrogen-bond acceptors (Lipinski definition) is 8.